The van der Waals surface area contributed by atoms with Crippen LogP contribution < -0.4 is 11.0 Å². The minimum Gasteiger partial charge on any atom is -0.363 e. The summed E-state index contributed by atoms with van der Waals surface area (Å²) < 4.78 is 0. The van der Waals surface area contributed by atoms with Crippen molar-refractivity contribution in [2.24, 2.45) is 0 Å². The van der Waals surface area contributed by atoms with Crippen molar-refractivity contribution in [1.82, 2.24) is 20.9 Å². The zero-order valence-corrected chi connectivity index (χ0v) is 7.20. The third-order valence-electron chi connectivity index (χ3n) is 1.85. The molecule has 2 aliphatic rings. The van der Waals surface area contributed by atoms with Gasteiger partial charge in [-0.1, -0.05) is 6.08 Å². The molecule has 0 fully saturated rings. The van der Waals surface area contributed by atoms with E-state index in [9.17, 15) is 0 Å². The van der Waals surface area contributed by atoms with Crippen LogP contribution in [0.15, 0.2) is 35.9 Å². The van der Waals surface area contributed by atoms with Crippen LogP contribution in [0.5, 0.6) is 0 Å². The first-order valence-corrected chi connectivity index (χ1v) is 3.86. The number of nitrogens with zero attached hydrogens (tertiary/aromatic N) is 2. The van der Waals surface area contributed by atoms with Gasteiger partial charge in [-0.15, -0.1) is 5.53 Å². The Kier molecular flexibility index (Phi) is 1.55. The van der Waals surface area contributed by atoms with Crippen molar-refractivity contribution in [3.63, 3.8) is 0 Å². The molecule has 64 valence electrons. The molecular weight excluding hydrogens is 152 g/mol. The molecule has 4 heteroatoms. The van der Waals surface area contributed by atoms with E-state index < -0.39 is 0 Å². The van der Waals surface area contributed by atoms with Gasteiger partial charge in [0.1, 0.15) is 5.82 Å². The van der Waals surface area contributed by atoms with Gasteiger partial charge in [0, 0.05) is 20.3 Å². The summed E-state index contributed by atoms with van der Waals surface area (Å²) in [6, 6.07) is 0. The lowest BCUT2D eigenvalue weighted by atomic mass is 10.3. The highest BCUT2D eigenvalue weighted by Gasteiger charge is 2.19. The van der Waals surface area contributed by atoms with E-state index >= 15 is 0 Å². The van der Waals surface area contributed by atoms with Gasteiger partial charge in [-0.25, -0.2) is 5.01 Å². The SMILES string of the molecule is CN(C)C1=CC=CC2=CNNN21. The second-order valence-corrected chi connectivity index (χ2v) is 2.94. The molecule has 0 spiro atoms. The number of hydrogen-bond donors (Lipinski definition) is 2. The summed E-state index contributed by atoms with van der Waals surface area (Å²) in [6.07, 6.45) is 8.05. The first-order chi connectivity index (χ1) is 5.79. The monoisotopic (exact) mass is 164 g/mol. The molecular formula is C8H12N4. The third-order valence-corrected chi connectivity index (χ3v) is 1.85. The van der Waals surface area contributed by atoms with Crippen LogP contribution in [0.3, 0.4) is 0 Å². The fourth-order valence-corrected chi connectivity index (χ4v) is 1.27. The van der Waals surface area contributed by atoms with Crippen LogP contribution in [0, 0.1) is 0 Å². The zero-order valence-electron chi connectivity index (χ0n) is 7.20. The summed E-state index contributed by atoms with van der Waals surface area (Å²) in [7, 11) is 4.03. The Morgan fingerprint density at radius 1 is 1.42 bits per heavy atom. The zero-order chi connectivity index (χ0) is 8.55. The molecule has 0 saturated heterocycles. The summed E-state index contributed by atoms with van der Waals surface area (Å²) in [6.45, 7) is 0. The molecule has 4 nitrogen and oxygen atoms in total. The molecule has 0 radical (unpaired) electrons. The summed E-state index contributed by atoms with van der Waals surface area (Å²) in [4.78, 5) is 2.05. The summed E-state index contributed by atoms with van der Waals surface area (Å²) >= 11 is 0. The van der Waals surface area contributed by atoms with Crippen molar-refractivity contribution >= 4 is 0 Å². The van der Waals surface area contributed by atoms with E-state index in [1.807, 2.05) is 37.5 Å². The third kappa shape index (κ3) is 0.967. The molecule has 2 heterocycles. The summed E-state index contributed by atoms with van der Waals surface area (Å²) in [5.74, 6) is 1.12. The molecule has 0 bridgehead atoms. The molecule has 0 amide bonds. The Hall–Kier alpha value is -1.42. The molecule has 0 aromatic rings. The van der Waals surface area contributed by atoms with Crippen LogP contribution in [-0.4, -0.2) is 24.0 Å². The van der Waals surface area contributed by atoms with Gasteiger partial charge in [-0.05, 0) is 12.2 Å². The van der Waals surface area contributed by atoms with E-state index in [1.165, 1.54) is 0 Å². The van der Waals surface area contributed by atoms with Crippen molar-refractivity contribution in [3.8, 4) is 0 Å². The standard InChI is InChI=1S/C8H12N4/c1-11(2)8-5-3-4-7-6-9-10-12(7)8/h3-6,9-10H,1-2H3. The molecule has 2 aliphatic heterocycles. The molecule has 0 aromatic carbocycles. The van der Waals surface area contributed by atoms with Crippen molar-refractivity contribution in [1.29, 1.82) is 0 Å². The second kappa shape index (κ2) is 2.57. The van der Waals surface area contributed by atoms with E-state index in [2.05, 4.69) is 21.9 Å². The Balaban J connectivity index is 2.29. The fraction of sp³-hybridized carbons (Fsp3) is 0.250. The Labute approximate surface area is 71.8 Å². The van der Waals surface area contributed by atoms with Crippen molar-refractivity contribution in [2.45, 2.75) is 0 Å². The second-order valence-electron chi connectivity index (χ2n) is 2.94. The lowest BCUT2D eigenvalue weighted by Gasteiger charge is -2.29. The van der Waals surface area contributed by atoms with Crippen LogP contribution in [0.1, 0.15) is 0 Å². The number of fused-ring (bicyclic) bond motifs is 1. The summed E-state index contributed by atoms with van der Waals surface area (Å²) in [5, 5.41) is 1.99. The highest BCUT2D eigenvalue weighted by molar-refractivity contribution is 5.32. The first kappa shape index (κ1) is 7.24. The maximum absolute atomic E-state index is 3.02. The molecule has 0 unspecified atom stereocenters. The number of hydrazine groups is 2. The Morgan fingerprint density at radius 3 is 3.00 bits per heavy atom. The lowest BCUT2D eigenvalue weighted by molar-refractivity contribution is 0.242. The van der Waals surface area contributed by atoms with Crippen LogP contribution in [-0.2, 0) is 0 Å². The highest BCUT2D eigenvalue weighted by atomic mass is 15.7. The Bertz CT molecular complexity index is 275. The number of nitrogens with one attached hydrogen (secondary N) is 2. The maximum atomic E-state index is 3.02. The maximum Gasteiger partial charge on any atom is 0.124 e. The highest BCUT2D eigenvalue weighted by Crippen LogP contribution is 2.19. The van der Waals surface area contributed by atoms with Gasteiger partial charge in [0.25, 0.3) is 0 Å². The van der Waals surface area contributed by atoms with E-state index in [0.717, 1.165) is 11.5 Å². The average Bonchev–Trinajstić information content (AvgIpc) is 2.49. The quantitative estimate of drug-likeness (QED) is 0.576. The average molecular weight is 164 g/mol. The summed E-state index contributed by atoms with van der Waals surface area (Å²) in [5.41, 5.74) is 7.09. The minimum atomic E-state index is 1.12. The first-order valence-electron chi connectivity index (χ1n) is 3.86. The van der Waals surface area contributed by atoms with Gasteiger partial charge in [-0.3, -0.25) is 0 Å². The molecule has 0 aliphatic carbocycles. The van der Waals surface area contributed by atoms with Crippen LogP contribution >= 0.6 is 0 Å². The predicted molar refractivity (Wildman–Crippen MR) is 47.1 cm³/mol. The number of rotatable bonds is 1. The van der Waals surface area contributed by atoms with E-state index in [4.69, 9.17) is 0 Å². The van der Waals surface area contributed by atoms with E-state index in [1.54, 1.807) is 0 Å². The molecule has 2 rings (SSSR count). The normalized spacial score (nSPS) is 19.7. The Morgan fingerprint density at radius 2 is 2.25 bits per heavy atom. The topological polar surface area (TPSA) is 30.5 Å². The minimum absolute atomic E-state index is 1.12. The molecule has 0 saturated carbocycles. The number of hydrogen-bond acceptors (Lipinski definition) is 4. The van der Waals surface area contributed by atoms with E-state index in [0.29, 0.717) is 0 Å². The van der Waals surface area contributed by atoms with Crippen molar-refractivity contribution < 1.29 is 0 Å². The van der Waals surface area contributed by atoms with Gasteiger partial charge in [0.05, 0.1) is 5.70 Å². The molecule has 0 aromatic heterocycles. The van der Waals surface area contributed by atoms with Crippen LogP contribution in [0.2, 0.25) is 0 Å². The van der Waals surface area contributed by atoms with Crippen LogP contribution in [0.25, 0.3) is 0 Å². The largest absolute Gasteiger partial charge is 0.363 e. The van der Waals surface area contributed by atoms with Gasteiger partial charge >= 0.3 is 0 Å². The molecule has 0 atom stereocenters. The van der Waals surface area contributed by atoms with Gasteiger partial charge in [0.2, 0.25) is 0 Å². The number of allylic oxidation sites excluding steroid dienone is 3. The fourth-order valence-electron chi connectivity index (χ4n) is 1.27. The van der Waals surface area contributed by atoms with Crippen molar-refractivity contribution in [2.75, 3.05) is 14.1 Å². The van der Waals surface area contributed by atoms with Gasteiger partial charge < -0.3 is 10.3 Å². The molecule has 12 heavy (non-hydrogen) atoms. The van der Waals surface area contributed by atoms with Crippen molar-refractivity contribution in [3.05, 3.63) is 35.9 Å². The van der Waals surface area contributed by atoms with Crippen LogP contribution in [0.4, 0.5) is 0 Å². The predicted octanol–water partition coefficient (Wildman–Crippen LogP) is 0.125. The molecule has 2 N–H and O–H groups in total. The smallest absolute Gasteiger partial charge is 0.124 e. The van der Waals surface area contributed by atoms with Gasteiger partial charge in [0.15, 0.2) is 0 Å². The van der Waals surface area contributed by atoms with Gasteiger partial charge in [-0.2, -0.15) is 0 Å². The lowest BCUT2D eigenvalue weighted by Crippen LogP contribution is -2.41. The van der Waals surface area contributed by atoms with E-state index in [-0.39, 0.29) is 0 Å².